The zero-order valence-electron chi connectivity index (χ0n) is 17.5. The molecule has 0 radical (unpaired) electrons. The number of rotatable bonds is 8. The SMILES string of the molecule is C[C@H](NC(=O)[C@H]1CC(=O)N(c2ccc(F)cc2)C1)C(=O)N[C@@H](Cc1ccccc1)C(=O)O. The van der Waals surface area contributed by atoms with Crippen molar-refractivity contribution in [2.24, 2.45) is 5.92 Å². The van der Waals surface area contributed by atoms with Crippen molar-refractivity contribution in [1.82, 2.24) is 10.6 Å². The van der Waals surface area contributed by atoms with Crippen LogP contribution < -0.4 is 15.5 Å². The van der Waals surface area contributed by atoms with E-state index in [9.17, 15) is 28.7 Å². The Morgan fingerprint density at radius 3 is 2.38 bits per heavy atom. The van der Waals surface area contributed by atoms with Gasteiger partial charge in [-0.15, -0.1) is 0 Å². The fraction of sp³-hybridized carbons (Fsp3) is 0.304. The number of aliphatic carboxylic acids is 1. The van der Waals surface area contributed by atoms with E-state index in [0.29, 0.717) is 5.69 Å². The Kier molecular flexibility index (Phi) is 7.19. The number of hydrogen-bond donors (Lipinski definition) is 3. The highest BCUT2D eigenvalue weighted by Gasteiger charge is 2.36. The number of amides is 3. The summed E-state index contributed by atoms with van der Waals surface area (Å²) in [7, 11) is 0. The monoisotopic (exact) mass is 441 g/mol. The fourth-order valence-electron chi connectivity index (χ4n) is 3.50. The minimum absolute atomic E-state index is 0.0384. The number of halogens is 1. The number of carbonyl (C=O) groups excluding carboxylic acids is 3. The molecule has 0 unspecified atom stereocenters. The van der Waals surface area contributed by atoms with Crippen molar-refractivity contribution in [2.45, 2.75) is 31.8 Å². The molecule has 0 bridgehead atoms. The molecular weight excluding hydrogens is 417 g/mol. The van der Waals surface area contributed by atoms with Crippen molar-refractivity contribution in [3.8, 4) is 0 Å². The van der Waals surface area contributed by atoms with Crippen LogP contribution in [0.25, 0.3) is 0 Å². The Hall–Kier alpha value is -3.75. The minimum Gasteiger partial charge on any atom is -0.480 e. The van der Waals surface area contributed by atoms with Gasteiger partial charge in [0.25, 0.3) is 0 Å². The first-order valence-corrected chi connectivity index (χ1v) is 10.2. The topological polar surface area (TPSA) is 116 Å². The second kappa shape index (κ2) is 10.0. The minimum atomic E-state index is -1.18. The van der Waals surface area contributed by atoms with E-state index in [1.807, 2.05) is 0 Å². The van der Waals surface area contributed by atoms with Gasteiger partial charge in [0.2, 0.25) is 17.7 Å². The van der Waals surface area contributed by atoms with Crippen LogP contribution in [0.3, 0.4) is 0 Å². The van der Waals surface area contributed by atoms with Crippen LogP contribution in [0.2, 0.25) is 0 Å². The molecule has 9 heteroatoms. The van der Waals surface area contributed by atoms with Gasteiger partial charge in [0.05, 0.1) is 5.92 Å². The third-order valence-corrected chi connectivity index (χ3v) is 5.28. The highest BCUT2D eigenvalue weighted by atomic mass is 19.1. The molecule has 0 aliphatic carbocycles. The van der Waals surface area contributed by atoms with Crippen LogP contribution in [0.15, 0.2) is 54.6 Å². The molecule has 0 aromatic heterocycles. The van der Waals surface area contributed by atoms with Gasteiger partial charge < -0.3 is 20.6 Å². The molecule has 32 heavy (non-hydrogen) atoms. The average Bonchev–Trinajstić information content (AvgIpc) is 3.16. The summed E-state index contributed by atoms with van der Waals surface area (Å²) in [6.07, 6.45) is 0.0651. The summed E-state index contributed by atoms with van der Waals surface area (Å²) in [5.74, 6) is -3.69. The molecule has 2 aromatic rings. The lowest BCUT2D eigenvalue weighted by Crippen LogP contribution is -2.52. The predicted octanol–water partition coefficient (Wildman–Crippen LogP) is 1.50. The molecule has 168 valence electrons. The lowest BCUT2D eigenvalue weighted by Gasteiger charge is -2.20. The van der Waals surface area contributed by atoms with Crippen LogP contribution in [0.4, 0.5) is 10.1 Å². The highest BCUT2D eigenvalue weighted by molar-refractivity contribution is 6.01. The molecule has 3 N–H and O–H groups in total. The number of hydrogen-bond acceptors (Lipinski definition) is 4. The van der Waals surface area contributed by atoms with Crippen molar-refractivity contribution in [3.63, 3.8) is 0 Å². The predicted molar refractivity (Wildman–Crippen MR) is 114 cm³/mol. The van der Waals surface area contributed by atoms with Crippen molar-refractivity contribution < 1.29 is 28.7 Å². The number of nitrogens with one attached hydrogen (secondary N) is 2. The Balaban J connectivity index is 1.56. The summed E-state index contributed by atoms with van der Waals surface area (Å²) in [4.78, 5) is 50.3. The first-order chi connectivity index (χ1) is 15.2. The number of nitrogens with zero attached hydrogens (tertiary/aromatic N) is 1. The molecule has 1 aliphatic rings. The normalized spacial score (nSPS) is 17.5. The Labute approximate surface area is 184 Å². The number of anilines is 1. The molecular formula is C23H24FN3O5. The second-order valence-electron chi connectivity index (χ2n) is 7.70. The van der Waals surface area contributed by atoms with Gasteiger partial charge >= 0.3 is 5.97 Å². The molecule has 1 fully saturated rings. The largest absolute Gasteiger partial charge is 0.480 e. The van der Waals surface area contributed by atoms with Crippen LogP contribution in [0.1, 0.15) is 18.9 Å². The molecule has 0 spiro atoms. The maximum Gasteiger partial charge on any atom is 0.326 e. The molecule has 3 atom stereocenters. The van der Waals surface area contributed by atoms with Crippen LogP contribution in [-0.4, -0.2) is 47.4 Å². The van der Waals surface area contributed by atoms with Crippen LogP contribution in [0.5, 0.6) is 0 Å². The van der Waals surface area contributed by atoms with E-state index in [1.54, 1.807) is 30.3 Å². The van der Waals surface area contributed by atoms with Crippen LogP contribution in [0, 0.1) is 11.7 Å². The molecule has 1 aliphatic heterocycles. The van der Waals surface area contributed by atoms with E-state index in [0.717, 1.165) is 5.56 Å². The van der Waals surface area contributed by atoms with Gasteiger partial charge in [-0.3, -0.25) is 14.4 Å². The van der Waals surface area contributed by atoms with E-state index >= 15 is 0 Å². The first kappa shape index (κ1) is 22.9. The van der Waals surface area contributed by atoms with Crippen LogP contribution >= 0.6 is 0 Å². The van der Waals surface area contributed by atoms with Gasteiger partial charge in [-0.2, -0.15) is 0 Å². The zero-order valence-corrected chi connectivity index (χ0v) is 17.5. The quantitative estimate of drug-likeness (QED) is 0.574. The number of benzene rings is 2. The maximum atomic E-state index is 13.1. The lowest BCUT2D eigenvalue weighted by molar-refractivity contribution is -0.142. The molecule has 3 rings (SSSR count). The van der Waals surface area contributed by atoms with Crippen molar-refractivity contribution >= 4 is 29.4 Å². The summed E-state index contributed by atoms with van der Waals surface area (Å²) in [6.45, 7) is 1.56. The molecule has 1 saturated heterocycles. The highest BCUT2D eigenvalue weighted by Crippen LogP contribution is 2.25. The third-order valence-electron chi connectivity index (χ3n) is 5.28. The molecule has 0 saturated carbocycles. The van der Waals surface area contributed by atoms with Crippen LogP contribution in [-0.2, 0) is 25.6 Å². The molecule has 1 heterocycles. The van der Waals surface area contributed by atoms with Gasteiger partial charge in [-0.25, -0.2) is 9.18 Å². The summed E-state index contributed by atoms with van der Waals surface area (Å²) in [6, 6.07) is 12.1. The summed E-state index contributed by atoms with van der Waals surface area (Å²) in [5, 5.41) is 14.4. The Morgan fingerprint density at radius 1 is 1.09 bits per heavy atom. The second-order valence-corrected chi connectivity index (χ2v) is 7.70. The van der Waals surface area contributed by atoms with Gasteiger partial charge in [-0.05, 0) is 36.8 Å². The Bertz CT molecular complexity index is 996. The fourth-order valence-corrected chi connectivity index (χ4v) is 3.50. The van der Waals surface area contributed by atoms with E-state index in [1.165, 1.54) is 36.1 Å². The van der Waals surface area contributed by atoms with Gasteiger partial charge in [0.15, 0.2) is 0 Å². The summed E-state index contributed by atoms with van der Waals surface area (Å²) >= 11 is 0. The summed E-state index contributed by atoms with van der Waals surface area (Å²) in [5.41, 5.74) is 1.24. The molecule has 3 amide bonds. The summed E-state index contributed by atoms with van der Waals surface area (Å²) < 4.78 is 13.1. The first-order valence-electron chi connectivity index (χ1n) is 10.2. The lowest BCUT2D eigenvalue weighted by atomic mass is 10.1. The van der Waals surface area contributed by atoms with Gasteiger partial charge in [0, 0.05) is 25.1 Å². The van der Waals surface area contributed by atoms with Crippen molar-refractivity contribution in [2.75, 3.05) is 11.4 Å². The number of carboxylic acids is 1. The number of carbonyl (C=O) groups is 4. The van der Waals surface area contributed by atoms with E-state index in [2.05, 4.69) is 10.6 Å². The third kappa shape index (κ3) is 5.69. The van der Waals surface area contributed by atoms with Gasteiger partial charge in [-0.1, -0.05) is 30.3 Å². The van der Waals surface area contributed by atoms with Crippen molar-refractivity contribution in [3.05, 3.63) is 66.0 Å². The Morgan fingerprint density at radius 2 is 1.75 bits per heavy atom. The van der Waals surface area contributed by atoms with E-state index in [-0.39, 0.29) is 25.3 Å². The number of carboxylic acid groups (broad SMARTS) is 1. The average molecular weight is 441 g/mol. The van der Waals surface area contributed by atoms with E-state index in [4.69, 9.17) is 0 Å². The van der Waals surface area contributed by atoms with Gasteiger partial charge in [0.1, 0.15) is 17.9 Å². The zero-order chi connectivity index (χ0) is 23.3. The smallest absolute Gasteiger partial charge is 0.326 e. The maximum absolute atomic E-state index is 13.1. The van der Waals surface area contributed by atoms with E-state index < -0.39 is 41.6 Å². The molecule has 2 aromatic carbocycles. The molecule has 8 nitrogen and oxygen atoms in total. The standard InChI is InChI=1S/C23H24FN3O5/c1-14(21(29)26-19(23(31)32)11-15-5-3-2-4-6-15)25-22(30)16-12-20(28)27(13-16)18-9-7-17(24)8-10-18/h2-10,14,16,19H,11-13H2,1H3,(H,25,30)(H,26,29)(H,31,32)/t14-,16-,19-/m0/s1. The van der Waals surface area contributed by atoms with Crippen molar-refractivity contribution in [1.29, 1.82) is 0 Å².